The highest BCUT2D eigenvalue weighted by atomic mass is 35.5. The van der Waals surface area contributed by atoms with Crippen molar-refractivity contribution in [2.75, 3.05) is 18.5 Å². The zero-order valence-electron chi connectivity index (χ0n) is 14.4. The Labute approximate surface area is 157 Å². The highest BCUT2D eigenvalue weighted by molar-refractivity contribution is 6.30. The van der Waals surface area contributed by atoms with E-state index in [0.717, 1.165) is 41.9 Å². The molecule has 1 heterocycles. The van der Waals surface area contributed by atoms with E-state index in [1.54, 1.807) is 0 Å². The van der Waals surface area contributed by atoms with Crippen molar-refractivity contribution in [3.8, 4) is 22.6 Å². The van der Waals surface area contributed by atoms with E-state index in [9.17, 15) is 5.11 Å². The molecule has 0 radical (unpaired) electrons. The van der Waals surface area contributed by atoms with Gasteiger partial charge in [0.2, 0.25) is 0 Å². The fraction of sp³-hybridized carbons (Fsp3) is 0.238. The van der Waals surface area contributed by atoms with Crippen molar-refractivity contribution in [2.24, 2.45) is 0 Å². The maximum absolute atomic E-state index is 9.24. The Hall–Kier alpha value is -2.43. The molecule has 2 aromatic carbocycles. The average molecular weight is 366 g/mol. The molecule has 132 valence electrons. The number of fused-ring (bicyclic) bond motifs is 3. The van der Waals surface area contributed by atoms with Crippen LogP contribution in [0.3, 0.4) is 0 Å². The third-order valence-corrected chi connectivity index (χ3v) is 4.91. The highest BCUT2D eigenvalue weighted by Crippen LogP contribution is 2.35. The van der Waals surface area contributed by atoms with Crippen LogP contribution in [-0.4, -0.2) is 28.2 Å². The Balaban J connectivity index is 1.91. The van der Waals surface area contributed by atoms with Crippen LogP contribution in [-0.2, 0) is 12.8 Å². The summed E-state index contributed by atoms with van der Waals surface area (Å²) in [5.41, 5.74) is 5.52. The van der Waals surface area contributed by atoms with Crippen LogP contribution in [0.4, 0.5) is 5.82 Å². The first kappa shape index (κ1) is 17.0. The first-order valence-electron chi connectivity index (χ1n) is 8.86. The van der Waals surface area contributed by atoms with E-state index in [0.29, 0.717) is 17.4 Å². The zero-order chi connectivity index (χ0) is 17.9. The van der Waals surface area contributed by atoms with Gasteiger partial charge in [0.1, 0.15) is 5.82 Å². The second-order valence-electron chi connectivity index (χ2n) is 6.39. The van der Waals surface area contributed by atoms with Crippen molar-refractivity contribution in [2.45, 2.75) is 19.3 Å². The summed E-state index contributed by atoms with van der Waals surface area (Å²) < 4.78 is 0. The van der Waals surface area contributed by atoms with Crippen LogP contribution in [0.1, 0.15) is 17.5 Å². The zero-order valence-corrected chi connectivity index (χ0v) is 15.1. The van der Waals surface area contributed by atoms with Gasteiger partial charge < -0.3 is 10.4 Å². The lowest BCUT2D eigenvalue weighted by atomic mass is 10.0. The van der Waals surface area contributed by atoms with Crippen LogP contribution >= 0.6 is 11.6 Å². The van der Waals surface area contributed by atoms with E-state index in [2.05, 4.69) is 29.6 Å². The third-order valence-electron chi connectivity index (χ3n) is 4.66. The molecular weight excluding hydrogens is 346 g/mol. The van der Waals surface area contributed by atoms with E-state index >= 15 is 0 Å². The number of rotatable bonds is 4. The summed E-state index contributed by atoms with van der Waals surface area (Å²) in [6, 6.07) is 16.0. The lowest BCUT2D eigenvalue weighted by molar-refractivity contribution is 0.311. The fourth-order valence-corrected chi connectivity index (χ4v) is 3.54. The topological polar surface area (TPSA) is 58.0 Å². The maximum Gasteiger partial charge on any atom is 0.162 e. The van der Waals surface area contributed by atoms with Crippen LogP contribution in [0.15, 0.2) is 48.5 Å². The van der Waals surface area contributed by atoms with Crippen LogP contribution in [0.2, 0.25) is 5.02 Å². The molecule has 1 aromatic heterocycles. The van der Waals surface area contributed by atoms with Crippen LogP contribution in [0.25, 0.3) is 22.6 Å². The highest BCUT2D eigenvalue weighted by Gasteiger charge is 2.21. The molecular formula is C21H20ClN3O. The summed E-state index contributed by atoms with van der Waals surface area (Å²) in [6.07, 6.45) is 3.00. The van der Waals surface area contributed by atoms with Gasteiger partial charge in [0, 0.05) is 28.3 Å². The monoisotopic (exact) mass is 365 g/mol. The molecule has 1 aliphatic carbocycles. The Morgan fingerprint density at radius 3 is 2.62 bits per heavy atom. The number of hydrogen-bond donors (Lipinski definition) is 2. The van der Waals surface area contributed by atoms with E-state index in [-0.39, 0.29) is 6.61 Å². The molecule has 0 fully saturated rings. The van der Waals surface area contributed by atoms with Gasteiger partial charge >= 0.3 is 0 Å². The molecule has 1 aliphatic rings. The van der Waals surface area contributed by atoms with Crippen molar-refractivity contribution >= 4 is 17.4 Å². The van der Waals surface area contributed by atoms with Crippen molar-refractivity contribution in [1.29, 1.82) is 0 Å². The Morgan fingerprint density at radius 2 is 1.81 bits per heavy atom. The van der Waals surface area contributed by atoms with Gasteiger partial charge in [0.15, 0.2) is 5.82 Å². The fourth-order valence-electron chi connectivity index (χ4n) is 3.42. The lowest BCUT2D eigenvalue weighted by Crippen LogP contribution is -2.12. The molecule has 0 amide bonds. The standard InChI is InChI=1S/C21H20ClN3O/c22-16-10-8-15(9-11-16)20-24-19-17-6-2-1-4-14(17)5-3-7-18(19)21(25-20)23-12-13-26/h1-2,4,6,8-11,26H,3,5,7,12-13H2,(H,23,24,25). The first-order chi connectivity index (χ1) is 12.8. The predicted molar refractivity (Wildman–Crippen MR) is 106 cm³/mol. The van der Waals surface area contributed by atoms with E-state index in [1.807, 2.05) is 24.3 Å². The second kappa shape index (κ2) is 7.44. The number of nitrogens with one attached hydrogen (secondary N) is 1. The molecule has 0 aliphatic heterocycles. The Kier molecular flexibility index (Phi) is 4.87. The number of benzene rings is 2. The third kappa shape index (κ3) is 3.30. The molecule has 0 saturated heterocycles. The number of aromatic nitrogens is 2. The average Bonchev–Trinajstić information content (AvgIpc) is 2.86. The smallest absolute Gasteiger partial charge is 0.162 e. The van der Waals surface area contributed by atoms with Gasteiger partial charge in [-0.15, -0.1) is 0 Å². The normalized spacial score (nSPS) is 12.8. The van der Waals surface area contributed by atoms with E-state index in [4.69, 9.17) is 21.6 Å². The number of halogens is 1. The van der Waals surface area contributed by atoms with Gasteiger partial charge in [0.05, 0.1) is 12.3 Å². The van der Waals surface area contributed by atoms with Gasteiger partial charge in [-0.2, -0.15) is 0 Å². The summed E-state index contributed by atoms with van der Waals surface area (Å²) in [5, 5.41) is 13.2. The number of aliphatic hydroxyl groups excluding tert-OH is 1. The number of hydrogen-bond acceptors (Lipinski definition) is 4. The summed E-state index contributed by atoms with van der Waals surface area (Å²) in [5.74, 6) is 1.48. The number of anilines is 1. The van der Waals surface area contributed by atoms with Gasteiger partial charge in [-0.1, -0.05) is 35.9 Å². The molecule has 0 spiro atoms. The first-order valence-corrected chi connectivity index (χ1v) is 9.24. The second-order valence-corrected chi connectivity index (χ2v) is 6.83. The molecule has 0 bridgehead atoms. The van der Waals surface area contributed by atoms with Gasteiger partial charge in [-0.3, -0.25) is 0 Å². The van der Waals surface area contributed by atoms with E-state index in [1.165, 1.54) is 11.1 Å². The van der Waals surface area contributed by atoms with Crippen molar-refractivity contribution in [1.82, 2.24) is 9.97 Å². The molecule has 0 saturated carbocycles. The maximum atomic E-state index is 9.24. The number of aliphatic hydroxyl groups is 1. The summed E-state index contributed by atoms with van der Waals surface area (Å²) >= 11 is 6.02. The van der Waals surface area contributed by atoms with Crippen LogP contribution in [0.5, 0.6) is 0 Å². The molecule has 4 rings (SSSR count). The quantitative estimate of drug-likeness (QED) is 0.721. The van der Waals surface area contributed by atoms with Crippen LogP contribution < -0.4 is 5.32 Å². The molecule has 0 unspecified atom stereocenters. The predicted octanol–water partition coefficient (Wildman–Crippen LogP) is 4.36. The SMILES string of the molecule is OCCNc1nc(-c2ccc(Cl)cc2)nc2c1CCCc1ccccc1-2. The minimum absolute atomic E-state index is 0.0612. The van der Waals surface area contributed by atoms with Gasteiger partial charge in [0.25, 0.3) is 0 Å². The molecule has 26 heavy (non-hydrogen) atoms. The van der Waals surface area contributed by atoms with Crippen molar-refractivity contribution in [3.05, 3.63) is 64.7 Å². The number of aryl methyl sites for hydroxylation is 1. The van der Waals surface area contributed by atoms with Gasteiger partial charge in [-0.25, -0.2) is 9.97 Å². The number of nitrogens with zero attached hydrogens (tertiary/aromatic N) is 2. The molecule has 0 atom stereocenters. The molecule has 2 N–H and O–H groups in total. The minimum atomic E-state index is 0.0612. The summed E-state index contributed by atoms with van der Waals surface area (Å²) in [7, 11) is 0. The summed E-state index contributed by atoms with van der Waals surface area (Å²) in [4.78, 5) is 9.69. The Morgan fingerprint density at radius 1 is 1.00 bits per heavy atom. The Bertz CT molecular complexity index is 925. The lowest BCUT2D eigenvalue weighted by Gasteiger charge is -2.15. The largest absolute Gasteiger partial charge is 0.395 e. The van der Waals surface area contributed by atoms with Crippen molar-refractivity contribution < 1.29 is 5.11 Å². The minimum Gasteiger partial charge on any atom is -0.395 e. The van der Waals surface area contributed by atoms with Gasteiger partial charge in [-0.05, 0) is 49.1 Å². The van der Waals surface area contributed by atoms with Crippen molar-refractivity contribution in [3.63, 3.8) is 0 Å². The molecule has 3 aromatic rings. The summed E-state index contributed by atoms with van der Waals surface area (Å²) in [6.45, 7) is 0.525. The molecule has 5 heteroatoms. The van der Waals surface area contributed by atoms with E-state index < -0.39 is 0 Å². The van der Waals surface area contributed by atoms with Crippen LogP contribution in [0, 0.1) is 0 Å². The molecule has 4 nitrogen and oxygen atoms in total.